The molecular formula is C16H25ClN2O4S. The minimum atomic E-state index is -3.59. The number of nitrogens with zero attached hydrogens (tertiary/aromatic N) is 1. The largest absolute Gasteiger partial charge is 0.465 e. The first-order valence-corrected chi connectivity index (χ1v) is 9.27. The number of esters is 1. The van der Waals surface area contributed by atoms with E-state index in [2.05, 4.69) is 10.1 Å². The van der Waals surface area contributed by atoms with Gasteiger partial charge in [0.25, 0.3) is 0 Å². The second kappa shape index (κ2) is 8.80. The fraction of sp³-hybridized carbons (Fsp3) is 0.562. The zero-order chi connectivity index (χ0) is 17.0. The Morgan fingerprint density at radius 3 is 2.62 bits per heavy atom. The number of sulfonamides is 1. The van der Waals surface area contributed by atoms with Crippen molar-refractivity contribution < 1.29 is 17.9 Å². The number of rotatable bonds is 6. The maximum atomic E-state index is 13.1. The molecule has 1 saturated heterocycles. The summed E-state index contributed by atoms with van der Waals surface area (Å²) >= 11 is 0. The van der Waals surface area contributed by atoms with E-state index >= 15 is 0 Å². The Balaban J connectivity index is 0.00000288. The Morgan fingerprint density at radius 2 is 2.12 bits per heavy atom. The molecule has 24 heavy (non-hydrogen) atoms. The number of halogens is 1. The van der Waals surface area contributed by atoms with E-state index in [0.29, 0.717) is 24.2 Å². The van der Waals surface area contributed by atoms with Gasteiger partial charge in [0.15, 0.2) is 0 Å². The topological polar surface area (TPSA) is 75.7 Å². The van der Waals surface area contributed by atoms with E-state index < -0.39 is 16.0 Å². The molecule has 0 aromatic heterocycles. The average Bonchev–Trinajstić information content (AvgIpc) is 3.05. The SMILES string of the molecule is CCCN(C1CCNC1)S(=O)(=O)c1ccc(C(=O)OC)cc1C.Cl. The Labute approximate surface area is 150 Å². The minimum absolute atomic E-state index is 0. The van der Waals surface area contributed by atoms with Crippen molar-refractivity contribution >= 4 is 28.4 Å². The molecule has 1 aliphatic heterocycles. The Hall–Kier alpha value is -1.15. The lowest BCUT2D eigenvalue weighted by molar-refractivity contribution is 0.0600. The van der Waals surface area contributed by atoms with E-state index in [0.717, 1.165) is 19.4 Å². The van der Waals surface area contributed by atoms with E-state index in [1.807, 2.05) is 6.92 Å². The van der Waals surface area contributed by atoms with E-state index in [1.54, 1.807) is 17.3 Å². The van der Waals surface area contributed by atoms with Crippen LogP contribution in [0.4, 0.5) is 0 Å². The Morgan fingerprint density at radius 1 is 1.42 bits per heavy atom. The maximum Gasteiger partial charge on any atom is 0.337 e. The van der Waals surface area contributed by atoms with Crippen LogP contribution in [0.25, 0.3) is 0 Å². The van der Waals surface area contributed by atoms with Gasteiger partial charge in [-0.05, 0) is 50.1 Å². The van der Waals surface area contributed by atoms with Crippen LogP contribution in [0.2, 0.25) is 0 Å². The lowest BCUT2D eigenvalue weighted by Gasteiger charge is -2.28. The predicted molar refractivity (Wildman–Crippen MR) is 95.2 cm³/mol. The molecule has 0 radical (unpaired) electrons. The number of hydrogen-bond donors (Lipinski definition) is 1. The van der Waals surface area contributed by atoms with Crippen LogP contribution in [0.1, 0.15) is 35.7 Å². The molecule has 0 amide bonds. The third-order valence-corrected chi connectivity index (χ3v) is 6.18. The molecule has 1 aromatic rings. The molecule has 1 atom stereocenters. The fourth-order valence-electron chi connectivity index (χ4n) is 2.91. The summed E-state index contributed by atoms with van der Waals surface area (Å²) in [5.74, 6) is -0.470. The van der Waals surface area contributed by atoms with Gasteiger partial charge in [-0.25, -0.2) is 13.2 Å². The van der Waals surface area contributed by atoms with Crippen LogP contribution in [0.5, 0.6) is 0 Å². The van der Waals surface area contributed by atoms with Crippen LogP contribution in [0.3, 0.4) is 0 Å². The highest BCUT2D eigenvalue weighted by Gasteiger charge is 2.33. The summed E-state index contributed by atoms with van der Waals surface area (Å²) in [5.41, 5.74) is 0.911. The first-order valence-electron chi connectivity index (χ1n) is 7.83. The summed E-state index contributed by atoms with van der Waals surface area (Å²) in [4.78, 5) is 11.8. The van der Waals surface area contributed by atoms with Crippen LogP contribution >= 0.6 is 12.4 Å². The predicted octanol–water partition coefficient (Wildman–Crippen LogP) is 1.97. The molecule has 1 unspecified atom stereocenters. The van der Waals surface area contributed by atoms with Crippen LogP contribution in [0, 0.1) is 6.92 Å². The van der Waals surface area contributed by atoms with Crippen molar-refractivity contribution in [2.24, 2.45) is 0 Å². The van der Waals surface area contributed by atoms with Crippen LogP contribution in [0.15, 0.2) is 23.1 Å². The molecule has 1 fully saturated rings. The van der Waals surface area contributed by atoms with E-state index in [9.17, 15) is 13.2 Å². The third-order valence-electron chi connectivity index (χ3n) is 4.07. The van der Waals surface area contributed by atoms with E-state index in [4.69, 9.17) is 0 Å². The van der Waals surface area contributed by atoms with Gasteiger partial charge < -0.3 is 10.1 Å². The Bertz CT molecular complexity index is 673. The molecule has 1 heterocycles. The van der Waals surface area contributed by atoms with Crippen LogP contribution in [-0.4, -0.2) is 51.5 Å². The number of carbonyl (C=O) groups excluding carboxylic acids is 1. The minimum Gasteiger partial charge on any atom is -0.465 e. The molecule has 0 spiro atoms. The van der Waals surface area contributed by atoms with Crippen molar-refractivity contribution in [2.75, 3.05) is 26.7 Å². The summed E-state index contributed by atoms with van der Waals surface area (Å²) in [5, 5.41) is 3.21. The lowest BCUT2D eigenvalue weighted by atomic mass is 10.1. The zero-order valence-electron chi connectivity index (χ0n) is 14.2. The molecule has 8 heteroatoms. The van der Waals surface area contributed by atoms with Crippen molar-refractivity contribution in [3.05, 3.63) is 29.3 Å². The summed E-state index contributed by atoms with van der Waals surface area (Å²) in [7, 11) is -2.28. The van der Waals surface area contributed by atoms with Crippen molar-refractivity contribution in [3.8, 4) is 0 Å². The number of benzene rings is 1. The molecule has 1 N–H and O–H groups in total. The summed E-state index contributed by atoms with van der Waals surface area (Å²) in [6.07, 6.45) is 1.58. The van der Waals surface area contributed by atoms with Gasteiger partial charge in [0.2, 0.25) is 10.0 Å². The number of carbonyl (C=O) groups is 1. The monoisotopic (exact) mass is 376 g/mol. The molecule has 6 nitrogen and oxygen atoms in total. The standard InChI is InChI=1S/C16H24N2O4S.ClH/c1-4-9-18(14-7-8-17-11-14)23(20,21)15-6-5-13(10-12(15)2)16(19)22-3;/h5-6,10,14,17H,4,7-9,11H2,1-3H3;1H. The van der Waals surface area contributed by atoms with Crippen LogP contribution < -0.4 is 5.32 Å². The van der Waals surface area contributed by atoms with Crippen molar-refractivity contribution in [1.29, 1.82) is 0 Å². The Kier molecular flexibility index (Phi) is 7.66. The van der Waals surface area contributed by atoms with Crippen molar-refractivity contribution in [2.45, 2.75) is 37.6 Å². The molecule has 1 aromatic carbocycles. The van der Waals surface area contributed by atoms with Gasteiger partial charge in [-0.3, -0.25) is 0 Å². The van der Waals surface area contributed by atoms with Gasteiger partial charge in [-0.15, -0.1) is 12.4 Å². The van der Waals surface area contributed by atoms with Gasteiger partial charge in [0.05, 0.1) is 17.6 Å². The molecule has 0 bridgehead atoms. The molecule has 1 aliphatic rings. The number of aryl methyl sites for hydroxylation is 1. The first-order chi connectivity index (χ1) is 10.9. The second-order valence-electron chi connectivity index (χ2n) is 5.73. The summed E-state index contributed by atoms with van der Waals surface area (Å²) in [6.45, 7) is 5.68. The maximum absolute atomic E-state index is 13.1. The van der Waals surface area contributed by atoms with Gasteiger partial charge in [-0.1, -0.05) is 6.92 Å². The molecular weight excluding hydrogens is 352 g/mol. The fourth-order valence-corrected chi connectivity index (χ4v) is 4.87. The zero-order valence-corrected chi connectivity index (χ0v) is 15.9. The van der Waals surface area contributed by atoms with Gasteiger partial charge in [0.1, 0.15) is 0 Å². The van der Waals surface area contributed by atoms with Gasteiger partial charge in [0, 0.05) is 19.1 Å². The molecule has 136 valence electrons. The number of methoxy groups -OCH3 is 1. The van der Waals surface area contributed by atoms with Crippen molar-refractivity contribution in [3.63, 3.8) is 0 Å². The average molecular weight is 377 g/mol. The van der Waals surface area contributed by atoms with E-state index in [-0.39, 0.29) is 23.3 Å². The van der Waals surface area contributed by atoms with E-state index in [1.165, 1.54) is 19.2 Å². The highest BCUT2D eigenvalue weighted by atomic mass is 35.5. The quantitative estimate of drug-likeness (QED) is 0.768. The number of nitrogens with one attached hydrogen (secondary N) is 1. The molecule has 0 saturated carbocycles. The highest BCUT2D eigenvalue weighted by Crippen LogP contribution is 2.25. The third kappa shape index (κ3) is 4.27. The van der Waals surface area contributed by atoms with Crippen molar-refractivity contribution in [1.82, 2.24) is 9.62 Å². The molecule has 0 aliphatic carbocycles. The normalized spacial score (nSPS) is 17.6. The van der Waals surface area contributed by atoms with Gasteiger partial charge >= 0.3 is 5.97 Å². The molecule has 2 rings (SSSR count). The smallest absolute Gasteiger partial charge is 0.337 e. The number of ether oxygens (including phenoxy) is 1. The summed E-state index contributed by atoms with van der Waals surface area (Å²) < 4.78 is 32.4. The lowest BCUT2D eigenvalue weighted by Crippen LogP contribution is -2.42. The van der Waals surface area contributed by atoms with Crippen LogP contribution in [-0.2, 0) is 14.8 Å². The number of hydrogen-bond acceptors (Lipinski definition) is 5. The van der Waals surface area contributed by atoms with Gasteiger partial charge in [-0.2, -0.15) is 4.31 Å². The summed E-state index contributed by atoms with van der Waals surface area (Å²) in [6, 6.07) is 4.56. The highest BCUT2D eigenvalue weighted by molar-refractivity contribution is 7.89. The first kappa shape index (κ1) is 20.9. The second-order valence-corrected chi connectivity index (χ2v) is 7.59.